The summed E-state index contributed by atoms with van der Waals surface area (Å²) in [6, 6.07) is 4.38. The summed E-state index contributed by atoms with van der Waals surface area (Å²) in [4.78, 5) is 25.4. The summed E-state index contributed by atoms with van der Waals surface area (Å²) in [5.41, 5.74) is 0. The number of amides is 2. The van der Waals surface area contributed by atoms with Gasteiger partial charge in [-0.3, -0.25) is 9.59 Å². The number of sulfonamides is 1. The van der Waals surface area contributed by atoms with Crippen LogP contribution in [0.1, 0.15) is 12.8 Å². The maximum Gasteiger partial charge on any atom is 0.311 e. The van der Waals surface area contributed by atoms with Crippen LogP contribution in [0.4, 0.5) is 0 Å². The second-order valence-electron chi connectivity index (χ2n) is 6.24. The van der Waals surface area contributed by atoms with E-state index in [2.05, 4.69) is 5.32 Å². The predicted molar refractivity (Wildman–Crippen MR) is 94.5 cm³/mol. The first-order valence-corrected chi connectivity index (χ1v) is 10.1. The number of ether oxygens (including phenoxy) is 1. The molecule has 1 heterocycles. The van der Waals surface area contributed by atoms with Gasteiger partial charge in [-0.25, -0.2) is 8.42 Å². The molecule has 3 rings (SSSR count). The fraction of sp³-hybridized carbons (Fsp3) is 0.500. The molecule has 142 valence electrons. The van der Waals surface area contributed by atoms with Crippen molar-refractivity contribution in [2.24, 2.45) is 0 Å². The number of benzene rings is 1. The molecule has 0 unspecified atom stereocenters. The van der Waals surface area contributed by atoms with Gasteiger partial charge in [0.2, 0.25) is 10.0 Å². The van der Waals surface area contributed by atoms with Crippen molar-refractivity contribution >= 4 is 33.4 Å². The number of rotatable bonds is 4. The number of hydrogen-bond donors (Lipinski definition) is 1. The van der Waals surface area contributed by atoms with E-state index in [-0.39, 0.29) is 42.1 Å². The van der Waals surface area contributed by atoms with Crippen molar-refractivity contribution in [2.75, 3.05) is 33.3 Å². The average Bonchev–Trinajstić information content (AvgIpc) is 3.45. The molecule has 26 heavy (non-hydrogen) atoms. The molecule has 1 saturated heterocycles. The van der Waals surface area contributed by atoms with Crippen molar-refractivity contribution in [3.05, 3.63) is 23.2 Å². The molecule has 1 N–H and O–H groups in total. The molecule has 2 aliphatic rings. The summed E-state index contributed by atoms with van der Waals surface area (Å²) >= 11 is 6.02. The van der Waals surface area contributed by atoms with Gasteiger partial charge in [-0.2, -0.15) is 4.31 Å². The number of piperazine rings is 1. The smallest absolute Gasteiger partial charge is 0.311 e. The van der Waals surface area contributed by atoms with E-state index in [0.29, 0.717) is 5.75 Å². The second kappa shape index (κ2) is 7.42. The van der Waals surface area contributed by atoms with Gasteiger partial charge in [-0.05, 0) is 31.0 Å². The average molecular weight is 402 g/mol. The topological polar surface area (TPSA) is 96.0 Å². The molecule has 0 bridgehead atoms. The Hall–Kier alpha value is -1.84. The number of nitrogens with zero attached hydrogens (tertiary/aromatic N) is 2. The molecular formula is C16H20ClN3O5S. The highest BCUT2D eigenvalue weighted by Gasteiger charge is 2.34. The third-order valence-corrected chi connectivity index (χ3v) is 6.58. The largest absolute Gasteiger partial charge is 0.495 e. The van der Waals surface area contributed by atoms with E-state index >= 15 is 0 Å². The van der Waals surface area contributed by atoms with E-state index in [4.69, 9.17) is 16.3 Å². The Morgan fingerprint density at radius 1 is 1.19 bits per heavy atom. The number of methoxy groups -OCH3 is 1. The number of halogens is 1. The summed E-state index contributed by atoms with van der Waals surface area (Å²) in [5, 5.41) is 2.85. The number of hydrogen-bond acceptors (Lipinski definition) is 5. The van der Waals surface area contributed by atoms with Crippen molar-refractivity contribution in [1.82, 2.24) is 14.5 Å². The zero-order valence-electron chi connectivity index (χ0n) is 14.3. The summed E-state index contributed by atoms with van der Waals surface area (Å²) < 4.78 is 31.8. The molecule has 1 aliphatic heterocycles. The van der Waals surface area contributed by atoms with Crippen molar-refractivity contribution in [3.8, 4) is 5.75 Å². The highest BCUT2D eigenvalue weighted by molar-refractivity contribution is 7.89. The molecule has 1 aromatic rings. The van der Waals surface area contributed by atoms with Crippen molar-refractivity contribution in [2.45, 2.75) is 23.8 Å². The monoisotopic (exact) mass is 401 g/mol. The van der Waals surface area contributed by atoms with Crippen LogP contribution in [0, 0.1) is 0 Å². The Labute approximate surface area is 157 Å². The van der Waals surface area contributed by atoms with Gasteiger partial charge in [-0.15, -0.1) is 0 Å². The first-order valence-electron chi connectivity index (χ1n) is 8.26. The lowest BCUT2D eigenvalue weighted by molar-refractivity contribution is -0.146. The Balaban J connectivity index is 1.63. The lowest BCUT2D eigenvalue weighted by Gasteiger charge is -2.33. The number of nitrogens with one attached hydrogen (secondary N) is 1. The molecule has 1 aliphatic carbocycles. The molecule has 2 fully saturated rings. The Kier molecular flexibility index (Phi) is 5.40. The van der Waals surface area contributed by atoms with Crippen LogP contribution >= 0.6 is 11.6 Å². The molecule has 0 aromatic heterocycles. The normalized spacial score (nSPS) is 18.5. The molecule has 8 nitrogen and oxygen atoms in total. The maximum absolute atomic E-state index is 12.7. The minimum Gasteiger partial charge on any atom is -0.495 e. The van der Waals surface area contributed by atoms with Gasteiger partial charge in [0.25, 0.3) is 0 Å². The van der Waals surface area contributed by atoms with E-state index in [0.717, 1.165) is 12.8 Å². The third-order valence-electron chi connectivity index (χ3n) is 4.39. The predicted octanol–water partition coefficient (Wildman–Crippen LogP) is 0.460. The van der Waals surface area contributed by atoms with Crippen LogP contribution in [-0.4, -0.2) is 68.8 Å². The van der Waals surface area contributed by atoms with E-state index in [9.17, 15) is 18.0 Å². The minimum atomic E-state index is -3.73. The fourth-order valence-corrected chi connectivity index (χ4v) is 4.48. The lowest BCUT2D eigenvalue weighted by atomic mass is 10.3. The lowest BCUT2D eigenvalue weighted by Crippen LogP contribution is -2.53. The van der Waals surface area contributed by atoms with Crippen LogP contribution in [0.25, 0.3) is 0 Å². The zero-order chi connectivity index (χ0) is 18.9. The summed E-state index contributed by atoms with van der Waals surface area (Å²) in [6.07, 6.45) is 1.80. The molecule has 0 atom stereocenters. The van der Waals surface area contributed by atoms with Gasteiger partial charge in [0.05, 0.1) is 17.0 Å². The summed E-state index contributed by atoms with van der Waals surface area (Å²) in [5.74, 6) is -0.838. The minimum absolute atomic E-state index is 0.0644. The Morgan fingerprint density at radius 3 is 2.38 bits per heavy atom. The van der Waals surface area contributed by atoms with Crippen molar-refractivity contribution in [3.63, 3.8) is 0 Å². The van der Waals surface area contributed by atoms with E-state index < -0.39 is 21.8 Å². The first kappa shape index (κ1) is 18.9. The van der Waals surface area contributed by atoms with Gasteiger partial charge in [0.1, 0.15) is 5.75 Å². The van der Waals surface area contributed by atoms with Crippen molar-refractivity contribution < 1.29 is 22.7 Å². The standard InChI is InChI=1S/C16H20ClN3O5S/c1-25-14-5-4-12(10-13(14)17)26(23,24)20-8-6-19(7-9-20)16(22)15(21)18-11-2-3-11/h4-5,10-11H,2-3,6-9H2,1H3,(H,18,21). The first-order chi connectivity index (χ1) is 12.3. The molecule has 0 spiro atoms. The SMILES string of the molecule is COc1ccc(S(=O)(=O)N2CCN(C(=O)C(=O)NC3CC3)CC2)cc1Cl. The fourth-order valence-electron chi connectivity index (χ4n) is 2.71. The summed E-state index contributed by atoms with van der Waals surface area (Å²) in [6.45, 7) is 0.572. The number of carbonyl (C=O) groups is 2. The van der Waals surface area contributed by atoms with E-state index in [1.54, 1.807) is 0 Å². The molecule has 1 saturated carbocycles. The van der Waals surface area contributed by atoms with Crippen LogP contribution < -0.4 is 10.1 Å². The highest BCUT2D eigenvalue weighted by Crippen LogP contribution is 2.28. The van der Waals surface area contributed by atoms with Gasteiger partial charge < -0.3 is 15.0 Å². The molecule has 1 aromatic carbocycles. The molecule has 2 amide bonds. The quantitative estimate of drug-likeness (QED) is 0.739. The molecular weight excluding hydrogens is 382 g/mol. The number of carbonyl (C=O) groups excluding carboxylic acids is 2. The van der Waals surface area contributed by atoms with E-state index in [1.807, 2.05) is 0 Å². The Morgan fingerprint density at radius 2 is 1.85 bits per heavy atom. The van der Waals surface area contributed by atoms with E-state index in [1.165, 1.54) is 34.5 Å². The van der Waals surface area contributed by atoms with Crippen LogP contribution in [-0.2, 0) is 19.6 Å². The second-order valence-corrected chi connectivity index (χ2v) is 8.59. The maximum atomic E-state index is 12.7. The summed E-state index contributed by atoms with van der Waals surface area (Å²) in [7, 11) is -2.28. The van der Waals surface area contributed by atoms with Gasteiger partial charge in [0, 0.05) is 32.2 Å². The van der Waals surface area contributed by atoms with Gasteiger partial charge in [0.15, 0.2) is 0 Å². The third kappa shape index (κ3) is 3.94. The zero-order valence-corrected chi connectivity index (χ0v) is 15.8. The molecule has 10 heteroatoms. The van der Waals surface area contributed by atoms with Crippen LogP contribution in [0.2, 0.25) is 5.02 Å². The Bertz CT molecular complexity index is 817. The highest BCUT2D eigenvalue weighted by atomic mass is 35.5. The van der Waals surface area contributed by atoms with Gasteiger partial charge in [-0.1, -0.05) is 11.6 Å². The van der Waals surface area contributed by atoms with Crippen LogP contribution in [0.15, 0.2) is 23.1 Å². The van der Waals surface area contributed by atoms with Crippen LogP contribution in [0.3, 0.4) is 0 Å². The van der Waals surface area contributed by atoms with Crippen molar-refractivity contribution in [1.29, 1.82) is 0 Å². The van der Waals surface area contributed by atoms with Crippen LogP contribution in [0.5, 0.6) is 5.75 Å². The van der Waals surface area contributed by atoms with Gasteiger partial charge >= 0.3 is 11.8 Å². The molecule has 0 radical (unpaired) electrons.